The highest BCUT2D eigenvalue weighted by Gasteiger charge is 2.22. The zero-order valence-electron chi connectivity index (χ0n) is 21.5. The lowest BCUT2D eigenvalue weighted by Gasteiger charge is -2.15. The SMILES string of the molecule is Cn1nc(-c2cccc(CN[C@@H]3CCc4ccc(O)cc43)c2)c2cnc(NCCCN3CCCC3)nc21. The van der Waals surface area contributed by atoms with Gasteiger partial charge >= 0.3 is 0 Å². The molecule has 8 heteroatoms. The highest BCUT2D eigenvalue weighted by Crippen LogP contribution is 2.34. The molecule has 6 rings (SSSR count). The summed E-state index contributed by atoms with van der Waals surface area (Å²) in [5.41, 5.74) is 6.52. The second kappa shape index (κ2) is 10.5. The van der Waals surface area contributed by atoms with Gasteiger partial charge in [-0.1, -0.05) is 24.3 Å². The number of aryl methyl sites for hydroxylation is 2. The Morgan fingerprint density at radius 2 is 2.00 bits per heavy atom. The second-order valence-electron chi connectivity index (χ2n) is 10.3. The van der Waals surface area contributed by atoms with Gasteiger partial charge in [-0.3, -0.25) is 0 Å². The molecule has 8 nitrogen and oxygen atoms in total. The number of phenolic OH excluding ortho intramolecular Hbond substituents is 1. The van der Waals surface area contributed by atoms with Gasteiger partial charge in [0.1, 0.15) is 11.4 Å². The largest absolute Gasteiger partial charge is 0.508 e. The Morgan fingerprint density at radius 1 is 1.11 bits per heavy atom. The number of anilines is 1. The van der Waals surface area contributed by atoms with Crippen LogP contribution in [0.3, 0.4) is 0 Å². The number of fused-ring (bicyclic) bond motifs is 2. The van der Waals surface area contributed by atoms with E-state index in [4.69, 9.17) is 10.1 Å². The van der Waals surface area contributed by atoms with E-state index < -0.39 is 0 Å². The van der Waals surface area contributed by atoms with E-state index in [9.17, 15) is 5.11 Å². The van der Waals surface area contributed by atoms with Crippen LogP contribution in [0.2, 0.25) is 0 Å². The molecule has 0 spiro atoms. The molecular formula is C29H35N7O. The van der Waals surface area contributed by atoms with Crippen molar-refractivity contribution in [2.45, 2.75) is 44.7 Å². The molecule has 1 saturated heterocycles. The third-order valence-corrected chi connectivity index (χ3v) is 7.67. The first-order valence-electron chi connectivity index (χ1n) is 13.4. The number of nitrogens with zero attached hydrogens (tertiary/aromatic N) is 5. The monoisotopic (exact) mass is 497 g/mol. The number of benzene rings is 2. The maximum Gasteiger partial charge on any atom is 0.224 e. The Morgan fingerprint density at radius 3 is 2.89 bits per heavy atom. The number of rotatable bonds is 9. The van der Waals surface area contributed by atoms with Crippen LogP contribution in [0, 0.1) is 0 Å². The summed E-state index contributed by atoms with van der Waals surface area (Å²) >= 11 is 0. The summed E-state index contributed by atoms with van der Waals surface area (Å²) in [6, 6.07) is 14.5. The van der Waals surface area contributed by atoms with Crippen LogP contribution in [0.4, 0.5) is 5.95 Å². The van der Waals surface area contributed by atoms with E-state index in [0.29, 0.717) is 11.7 Å². The van der Waals surface area contributed by atoms with E-state index in [-0.39, 0.29) is 6.04 Å². The van der Waals surface area contributed by atoms with E-state index in [1.807, 2.05) is 30.1 Å². The van der Waals surface area contributed by atoms with Gasteiger partial charge in [-0.15, -0.1) is 0 Å². The second-order valence-corrected chi connectivity index (χ2v) is 10.3. The molecule has 1 aliphatic heterocycles. The van der Waals surface area contributed by atoms with Gasteiger partial charge in [0.2, 0.25) is 5.95 Å². The van der Waals surface area contributed by atoms with Crippen molar-refractivity contribution >= 4 is 17.0 Å². The van der Waals surface area contributed by atoms with Crippen LogP contribution in [-0.4, -0.2) is 55.9 Å². The van der Waals surface area contributed by atoms with Gasteiger partial charge in [0.05, 0.1) is 5.39 Å². The minimum Gasteiger partial charge on any atom is -0.508 e. The molecule has 0 radical (unpaired) electrons. The van der Waals surface area contributed by atoms with Gasteiger partial charge in [0, 0.05) is 37.9 Å². The third kappa shape index (κ3) is 5.17. The van der Waals surface area contributed by atoms with Crippen LogP contribution in [0.5, 0.6) is 5.75 Å². The van der Waals surface area contributed by atoms with Gasteiger partial charge in [0.25, 0.3) is 0 Å². The zero-order valence-corrected chi connectivity index (χ0v) is 21.5. The highest BCUT2D eigenvalue weighted by molar-refractivity contribution is 5.91. The molecule has 2 aliphatic rings. The standard InChI is InChI=1S/C29H35N7O/c1-35-28-25(19-32-29(33-28)30-12-5-15-36-13-2-3-14-36)27(34-35)22-7-4-6-20(16-22)18-31-26-11-9-21-8-10-23(37)17-24(21)26/h4,6-8,10,16-17,19,26,31,37H,2-3,5,9,11-15,18H2,1H3,(H,30,32,33)/t26-/m1/s1. The predicted molar refractivity (Wildman–Crippen MR) is 147 cm³/mol. The van der Waals surface area contributed by atoms with Crippen molar-refractivity contribution in [2.24, 2.45) is 7.05 Å². The molecule has 1 fully saturated rings. The lowest BCUT2D eigenvalue weighted by atomic mass is 10.0. The van der Waals surface area contributed by atoms with Gasteiger partial charge in [-0.25, -0.2) is 9.67 Å². The zero-order chi connectivity index (χ0) is 25.2. The van der Waals surface area contributed by atoms with Crippen LogP contribution >= 0.6 is 0 Å². The predicted octanol–water partition coefficient (Wildman–Crippen LogP) is 4.41. The Bertz CT molecular complexity index is 1390. The maximum atomic E-state index is 9.91. The van der Waals surface area contributed by atoms with Crippen molar-refractivity contribution in [3.05, 3.63) is 65.4 Å². The Balaban J connectivity index is 1.13. The first kappa shape index (κ1) is 23.9. The maximum absolute atomic E-state index is 9.91. The van der Waals surface area contributed by atoms with E-state index in [1.165, 1.54) is 42.6 Å². The molecular weight excluding hydrogens is 462 g/mol. The quantitative estimate of drug-likeness (QED) is 0.295. The first-order chi connectivity index (χ1) is 18.1. The lowest BCUT2D eigenvalue weighted by Crippen LogP contribution is -2.22. The van der Waals surface area contributed by atoms with Gasteiger partial charge in [-0.05, 0) is 86.6 Å². The molecule has 0 unspecified atom stereocenters. The third-order valence-electron chi connectivity index (χ3n) is 7.67. The van der Waals surface area contributed by atoms with Crippen molar-refractivity contribution in [3.8, 4) is 17.0 Å². The van der Waals surface area contributed by atoms with E-state index in [1.54, 1.807) is 6.07 Å². The molecule has 0 saturated carbocycles. The number of hydrogen-bond donors (Lipinski definition) is 3. The number of nitrogens with one attached hydrogen (secondary N) is 2. The summed E-state index contributed by atoms with van der Waals surface area (Å²) in [5.74, 6) is 0.989. The fraction of sp³-hybridized carbons (Fsp3) is 0.414. The Kier molecular flexibility index (Phi) is 6.76. The average Bonchev–Trinajstić information content (AvgIpc) is 3.65. The number of hydrogen-bond acceptors (Lipinski definition) is 7. The lowest BCUT2D eigenvalue weighted by molar-refractivity contribution is 0.337. The Hall–Kier alpha value is -3.49. The average molecular weight is 498 g/mol. The van der Waals surface area contributed by atoms with E-state index in [0.717, 1.165) is 61.2 Å². The summed E-state index contributed by atoms with van der Waals surface area (Å²) in [4.78, 5) is 11.9. The summed E-state index contributed by atoms with van der Waals surface area (Å²) < 4.78 is 1.84. The van der Waals surface area contributed by atoms with Gasteiger partial charge in [-0.2, -0.15) is 10.1 Å². The first-order valence-corrected chi connectivity index (χ1v) is 13.4. The molecule has 3 N–H and O–H groups in total. The molecule has 1 aliphatic carbocycles. The molecule has 0 bridgehead atoms. The summed E-state index contributed by atoms with van der Waals surface area (Å²) in [6.45, 7) is 5.21. The molecule has 4 aromatic rings. The van der Waals surface area contributed by atoms with Crippen molar-refractivity contribution < 1.29 is 5.11 Å². The molecule has 2 aromatic heterocycles. The Labute approximate surface area is 217 Å². The number of aromatic nitrogens is 4. The van der Waals surface area contributed by atoms with Crippen LogP contribution in [0.25, 0.3) is 22.3 Å². The molecule has 37 heavy (non-hydrogen) atoms. The molecule has 0 amide bonds. The number of likely N-dealkylation sites (tertiary alicyclic amines) is 1. The molecule has 192 valence electrons. The van der Waals surface area contributed by atoms with Crippen molar-refractivity contribution in [1.29, 1.82) is 0 Å². The summed E-state index contributed by atoms with van der Waals surface area (Å²) in [6.07, 6.45) is 7.73. The smallest absolute Gasteiger partial charge is 0.224 e. The van der Waals surface area contributed by atoms with Crippen molar-refractivity contribution in [1.82, 2.24) is 30.0 Å². The normalized spacial score (nSPS) is 17.5. The van der Waals surface area contributed by atoms with Crippen LogP contribution in [0.1, 0.15) is 48.4 Å². The van der Waals surface area contributed by atoms with Gasteiger partial charge in [0.15, 0.2) is 5.65 Å². The highest BCUT2D eigenvalue weighted by atomic mass is 16.3. The van der Waals surface area contributed by atoms with Crippen LogP contribution in [0.15, 0.2) is 48.7 Å². The van der Waals surface area contributed by atoms with Crippen molar-refractivity contribution in [2.75, 3.05) is 31.5 Å². The number of aromatic hydroxyl groups is 1. The number of phenols is 1. The topological polar surface area (TPSA) is 91.1 Å². The van der Waals surface area contributed by atoms with E-state index >= 15 is 0 Å². The fourth-order valence-corrected chi connectivity index (χ4v) is 5.72. The summed E-state index contributed by atoms with van der Waals surface area (Å²) in [7, 11) is 1.94. The van der Waals surface area contributed by atoms with Gasteiger partial charge < -0.3 is 20.6 Å². The molecule has 2 aromatic carbocycles. The van der Waals surface area contributed by atoms with E-state index in [2.05, 4.69) is 44.8 Å². The minimum atomic E-state index is 0.260. The fourth-order valence-electron chi connectivity index (χ4n) is 5.72. The summed E-state index contributed by atoms with van der Waals surface area (Å²) in [5, 5.41) is 22.7. The van der Waals surface area contributed by atoms with Crippen LogP contribution in [-0.2, 0) is 20.0 Å². The molecule has 3 heterocycles. The minimum absolute atomic E-state index is 0.260. The van der Waals surface area contributed by atoms with Crippen LogP contribution < -0.4 is 10.6 Å². The van der Waals surface area contributed by atoms with Crippen molar-refractivity contribution in [3.63, 3.8) is 0 Å². The molecule has 1 atom stereocenters.